The van der Waals surface area contributed by atoms with E-state index in [2.05, 4.69) is 38.8 Å². The van der Waals surface area contributed by atoms with Crippen molar-refractivity contribution in [2.45, 2.75) is 33.7 Å². The van der Waals surface area contributed by atoms with E-state index in [9.17, 15) is 0 Å². The van der Waals surface area contributed by atoms with Crippen LogP contribution in [0, 0.1) is 13.8 Å². The zero-order valence-corrected chi connectivity index (χ0v) is 20.2. The zero-order chi connectivity index (χ0) is 23.9. The van der Waals surface area contributed by atoms with E-state index in [4.69, 9.17) is 19.2 Å². The SMILES string of the molecule is COc1cc(Nc2ncnc3c2nc(-c2c(C)nn(C)c2C)n3C(C)C)cc(OC)c1OC. The highest BCUT2D eigenvalue weighted by Gasteiger charge is 2.24. The van der Waals surface area contributed by atoms with E-state index in [-0.39, 0.29) is 6.04 Å². The van der Waals surface area contributed by atoms with E-state index in [0.29, 0.717) is 28.6 Å². The topological polar surface area (TPSA) is 101 Å². The quantitative estimate of drug-likeness (QED) is 0.446. The molecule has 3 aromatic heterocycles. The molecule has 0 radical (unpaired) electrons. The fourth-order valence-electron chi connectivity index (χ4n) is 4.05. The molecule has 0 bridgehead atoms. The molecule has 0 aliphatic heterocycles. The van der Waals surface area contributed by atoms with Crippen LogP contribution in [0.3, 0.4) is 0 Å². The van der Waals surface area contributed by atoms with Crippen molar-refractivity contribution in [2.75, 3.05) is 26.6 Å². The standard InChI is InChI=1S/C23H29N7O3/c1-12(2)30-22(18-13(3)28-29(5)14(18)4)27-19-21(24-11-25-23(19)30)26-15-9-16(31-6)20(33-8)17(10-15)32-7/h9-12H,1-8H3,(H,24,25,26). The third kappa shape index (κ3) is 3.71. The molecule has 0 unspecified atom stereocenters. The first-order chi connectivity index (χ1) is 15.8. The van der Waals surface area contributed by atoms with Crippen molar-refractivity contribution in [3.05, 3.63) is 29.8 Å². The van der Waals surface area contributed by atoms with Gasteiger partial charge in [-0.3, -0.25) is 4.68 Å². The molecule has 33 heavy (non-hydrogen) atoms. The minimum Gasteiger partial charge on any atom is -0.493 e. The fourth-order valence-corrected chi connectivity index (χ4v) is 4.05. The van der Waals surface area contributed by atoms with Crippen molar-refractivity contribution in [1.82, 2.24) is 29.3 Å². The van der Waals surface area contributed by atoms with Gasteiger partial charge in [0, 0.05) is 36.6 Å². The van der Waals surface area contributed by atoms with Crippen LogP contribution in [0.4, 0.5) is 11.5 Å². The van der Waals surface area contributed by atoms with Gasteiger partial charge in [-0.15, -0.1) is 0 Å². The van der Waals surface area contributed by atoms with Gasteiger partial charge in [-0.25, -0.2) is 15.0 Å². The molecule has 0 saturated heterocycles. The third-order valence-corrected chi connectivity index (χ3v) is 5.65. The van der Waals surface area contributed by atoms with Crippen LogP contribution >= 0.6 is 0 Å². The molecule has 0 spiro atoms. The highest BCUT2D eigenvalue weighted by atomic mass is 16.5. The normalized spacial score (nSPS) is 11.3. The van der Waals surface area contributed by atoms with Crippen LogP contribution in [0.15, 0.2) is 18.5 Å². The number of aromatic nitrogens is 6. The Morgan fingerprint density at radius 3 is 2.15 bits per heavy atom. The number of nitrogens with zero attached hydrogens (tertiary/aromatic N) is 6. The van der Waals surface area contributed by atoms with Gasteiger partial charge in [-0.1, -0.05) is 0 Å². The Morgan fingerprint density at radius 1 is 0.970 bits per heavy atom. The lowest BCUT2D eigenvalue weighted by molar-refractivity contribution is 0.324. The van der Waals surface area contributed by atoms with Gasteiger partial charge >= 0.3 is 0 Å². The molecule has 1 aromatic carbocycles. The Morgan fingerprint density at radius 2 is 1.64 bits per heavy atom. The molecule has 10 heteroatoms. The summed E-state index contributed by atoms with van der Waals surface area (Å²) in [5.74, 6) is 3.00. The number of ether oxygens (including phenoxy) is 3. The van der Waals surface area contributed by atoms with Crippen LogP contribution < -0.4 is 19.5 Å². The molecule has 0 aliphatic rings. The number of nitrogens with one attached hydrogen (secondary N) is 1. The van der Waals surface area contributed by atoms with Gasteiger partial charge in [0.2, 0.25) is 5.75 Å². The summed E-state index contributed by atoms with van der Waals surface area (Å²) < 4.78 is 20.4. The average molecular weight is 452 g/mol. The maximum Gasteiger partial charge on any atom is 0.203 e. The second-order valence-corrected chi connectivity index (χ2v) is 8.00. The lowest BCUT2D eigenvalue weighted by atomic mass is 10.2. The summed E-state index contributed by atoms with van der Waals surface area (Å²) in [5.41, 5.74) is 5.09. The van der Waals surface area contributed by atoms with Crippen molar-refractivity contribution in [3.63, 3.8) is 0 Å². The molecule has 0 atom stereocenters. The molecule has 3 heterocycles. The minimum absolute atomic E-state index is 0.132. The number of hydrogen-bond acceptors (Lipinski definition) is 8. The van der Waals surface area contributed by atoms with Gasteiger partial charge in [-0.2, -0.15) is 5.10 Å². The first kappa shape index (κ1) is 22.4. The first-order valence-corrected chi connectivity index (χ1v) is 10.6. The maximum atomic E-state index is 5.48. The van der Waals surface area contributed by atoms with Crippen molar-refractivity contribution >= 4 is 22.7 Å². The number of methoxy groups -OCH3 is 3. The number of imidazole rings is 1. The minimum atomic E-state index is 0.132. The smallest absolute Gasteiger partial charge is 0.203 e. The largest absolute Gasteiger partial charge is 0.493 e. The predicted octanol–water partition coefficient (Wildman–Crippen LogP) is 4.19. The predicted molar refractivity (Wildman–Crippen MR) is 127 cm³/mol. The Labute approximate surface area is 192 Å². The van der Waals surface area contributed by atoms with E-state index < -0.39 is 0 Å². The number of anilines is 2. The lowest BCUT2D eigenvalue weighted by Crippen LogP contribution is -2.05. The molecule has 0 saturated carbocycles. The van der Waals surface area contributed by atoms with Crippen LogP contribution in [0.5, 0.6) is 17.2 Å². The van der Waals surface area contributed by atoms with Crippen molar-refractivity contribution in [1.29, 1.82) is 0 Å². The fraction of sp³-hybridized carbons (Fsp3) is 0.391. The molecule has 4 rings (SSSR count). The van der Waals surface area contributed by atoms with Gasteiger partial charge in [0.1, 0.15) is 12.2 Å². The molecular formula is C23H29N7O3. The maximum absolute atomic E-state index is 5.48. The second kappa shape index (κ2) is 8.61. The zero-order valence-electron chi connectivity index (χ0n) is 20.2. The van der Waals surface area contributed by atoms with Crippen molar-refractivity contribution in [3.8, 4) is 28.6 Å². The summed E-state index contributed by atoms with van der Waals surface area (Å²) in [4.78, 5) is 14.0. The number of rotatable bonds is 7. The summed E-state index contributed by atoms with van der Waals surface area (Å²) in [6.45, 7) is 8.26. The van der Waals surface area contributed by atoms with Crippen molar-refractivity contribution in [2.24, 2.45) is 7.05 Å². The Balaban J connectivity index is 1.89. The highest BCUT2D eigenvalue weighted by Crippen LogP contribution is 2.41. The van der Waals surface area contributed by atoms with Gasteiger partial charge in [0.15, 0.2) is 28.5 Å². The van der Waals surface area contributed by atoms with Crippen LogP contribution in [0.1, 0.15) is 31.3 Å². The molecule has 0 aliphatic carbocycles. The Kier molecular flexibility index (Phi) is 5.84. The molecular weight excluding hydrogens is 422 g/mol. The summed E-state index contributed by atoms with van der Waals surface area (Å²) in [7, 11) is 6.67. The third-order valence-electron chi connectivity index (χ3n) is 5.65. The van der Waals surface area contributed by atoms with E-state index in [1.54, 1.807) is 21.3 Å². The summed E-state index contributed by atoms with van der Waals surface area (Å²) >= 11 is 0. The van der Waals surface area contributed by atoms with Gasteiger partial charge in [0.25, 0.3) is 0 Å². The van der Waals surface area contributed by atoms with Crippen molar-refractivity contribution < 1.29 is 14.2 Å². The highest BCUT2D eigenvalue weighted by molar-refractivity contribution is 5.89. The van der Waals surface area contributed by atoms with Crippen LogP contribution in [-0.2, 0) is 7.05 Å². The molecule has 0 fully saturated rings. The van der Waals surface area contributed by atoms with E-state index >= 15 is 0 Å². The van der Waals surface area contributed by atoms with Gasteiger partial charge < -0.3 is 24.1 Å². The lowest BCUT2D eigenvalue weighted by Gasteiger charge is -2.15. The van der Waals surface area contributed by atoms with E-state index in [0.717, 1.165) is 34.1 Å². The Bertz CT molecular complexity index is 1300. The molecule has 0 amide bonds. The number of benzene rings is 1. The monoisotopic (exact) mass is 451 g/mol. The second-order valence-electron chi connectivity index (χ2n) is 8.00. The number of aryl methyl sites for hydroxylation is 2. The molecule has 4 aromatic rings. The Hall–Kier alpha value is -3.82. The molecule has 1 N–H and O–H groups in total. The number of hydrogen-bond donors (Lipinski definition) is 1. The van der Waals surface area contributed by atoms with Crippen LogP contribution in [-0.4, -0.2) is 50.6 Å². The van der Waals surface area contributed by atoms with Crippen LogP contribution in [0.25, 0.3) is 22.6 Å². The first-order valence-electron chi connectivity index (χ1n) is 10.6. The molecule has 174 valence electrons. The summed E-state index contributed by atoms with van der Waals surface area (Å²) in [6, 6.07) is 3.78. The summed E-state index contributed by atoms with van der Waals surface area (Å²) in [5, 5.41) is 7.92. The van der Waals surface area contributed by atoms with E-state index in [1.165, 1.54) is 6.33 Å². The van der Waals surface area contributed by atoms with Crippen LogP contribution in [0.2, 0.25) is 0 Å². The van der Waals surface area contributed by atoms with Gasteiger partial charge in [0.05, 0.1) is 32.6 Å². The molecule has 10 nitrogen and oxygen atoms in total. The average Bonchev–Trinajstić information content (AvgIpc) is 3.29. The van der Waals surface area contributed by atoms with E-state index in [1.807, 2.05) is 37.7 Å². The summed E-state index contributed by atoms with van der Waals surface area (Å²) in [6.07, 6.45) is 1.54. The van der Waals surface area contributed by atoms with Gasteiger partial charge in [-0.05, 0) is 27.7 Å². The number of fused-ring (bicyclic) bond motifs is 1.